The highest BCUT2D eigenvalue weighted by molar-refractivity contribution is 5.93. The minimum absolute atomic E-state index is 0.0375. The lowest BCUT2D eigenvalue weighted by atomic mass is 10.2. The number of methoxy groups -OCH3 is 3. The number of aromatic nitrogens is 2. The molecule has 1 aromatic heterocycles. The molecule has 1 N–H and O–H groups in total. The molecule has 1 aromatic carbocycles. The number of nitrogens with zero attached hydrogens (tertiary/aromatic N) is 3. The number of ether oxygens (including phenoxy) is 3. The highest BCUT2D eigenvalue weighted by Gasteiger charge is 2.22. The molecular weight excluding hydrogens is 320 g/mol. The van der Waals surface area contributed by atoms with Crippen LogP contribution in [0.3, 0.4) is 0 Å². The molecule has 0 aliphatic carbocycles. The second-order valence-corrected chi connectivity index (χ2v) is 4.52. The Kier molecular flexibility index (Phi) is 5.20. The van der Waals surface area contributed by atoms with Crippen LogP contribution in [0.4, 0.5) is 0 Å². The number of carbonyl (C=O) groups is 1. The molecule has 1 heterocycles. The van der Waals surface area contributed by atoms with Crippen molar-refractivity contribution >= 4 is 12.1 Å². The highest BCUT2D eigenvalue weighted by atomic mass is 16.8. The molecule has 10 nitrogen and oxygen atoms in total. The molecule has 0 saturated heterocycles. The van der Waals surface area contributed by atoms with Crippen molar-refractivity contribution in [2.24, 2.45) is 5.10 Å². The summed E-state index contributed by atoms with van der Waals surface area (Å²) < 4.78 is 20.0. The first-order valence-corrected chi connectivity index (χ1v) is 6.71. The second kappa shape index (κ2) is 7.31. The topological polar surface area (TPSA) is 122 Å². The molecule has 24 heavy (non-hydrogen) atoms. The average Bonchev–Trinajstić information content (AvgIpc) is 2.93. The van der Waals surface area contributed by atoms with Gasteiger partial charge in [-0.15, -0.1) is 0 Å². The first-order valence-electron chi connectivity index (χ1n) is 6.71. The first kappa shape index (κ1) is 17.1. The monoisotopic (exact) mass is 336 g/mol. The van der Waals surface area contributed by atoms with Gasteiger partial charge in [-0.1, -0.05) is 0 Å². The summed E-state index contributed by atoms with van der Waals surface area (Å²) in [5.74, 6) is 0.669. The minimum Gasteiger partial charge on any atom is -0.493 e. The van der Waals surface area contributed by atoms with Crippen molar-refractivity contribution in [1.29, 1.82) is 0 Å². The van der Waals surface area contributed by atoms with Gasteiger partial charge < -0.3 is 19.4 Å². The van der Waals surface area contributed by atoms with Crippen molar-refractivity contribution in [1.82, 2.24) is 10.6 Å². The number of hydrazone groups is 1. The lowest BCUT2D eigenvalue weighted by molar-refractivity contribution is -0.806. The Morgan fingerprint density at radius 1 is 1.29 bits per heavy atom. The first-order chi connectivity index (χ1) is 11.5. The Morgan fingerprint density at radius 2 is 1.92 bits per heavy atom. The fourth-order valence-electron chi connectivity index (χ4n) is 1.89. The summed E-state index contributed by atoms with van der Waals surface area (Å²) >= 11 is 0. The normalized spacial score (nSPS) is 10.7. The fourth-order valence-corrected chi connectivity index (χ4v) is 1.89. The van der Waals surface area contributed by atoms with Crippen molar-refractivity contribution in [3.8, 4) is 17.2 Å². The van der Waals surface area contributed by atoms with Gasteiger partial charge in [0.15, 0.2) is 11.5 Å². The van der Waals surface area contributed by atoms with E-state index in [4.69, 9.17) is 14.2 Å². The van der Waals surface area contributed by atoms with Crippen molar-refractivity contribution in [2.75, 3.05) is 21.3 Å². The summed E-state index contributed by atoms with van der Waals surface area (Å²) in [7, 11) is 4.48. The Hall–Kier alpha value is -3.30. The predicted octanol–water partition coefficient (Wildman–Crippen LogP) is 0.406. The summed E-state index contributed by atoms with van der Waals surface area (Å²) in [6.45, 7) is 1.40. The van der Waals surface area contributed by atoms with E-state index in [0.717, 1.165) is 0 Å². The van der Waals surface area contributed by atoms with Crippen molar-refractivity contribution in [2.45, 2.75) is 6.92 Å². The van der Waals surface area contributed by atoms with Gasteiger partial charge in [-0.3, -0.25) is 9.42 Å². The van der Waals surface area contributed by atoms with Gasteiger partial charge in [-0.05, 0) is 17.0 Å². The van der Waals surface area contributed by atoms with Gasteiger partial charge in [-0.25, -0.2) is 5.43 Å². The summed E-state index contributed by atoms with van der Waals surface area (Å²) in [4.78, 5) is 12.0. The van der Waals surface area contributed by atoms with Gasteiger partial charge in [0, 0.05) is 12.5 Å². The Morgan fingerprint density at radius 3 is 2.38 bits per heavy atom. The Balaban J connectivity index is 2.17. The van der Waals surface area contributed by atoms with E-state index in [1.165, 1.54) is 34.5 Å². The summed E-state index contributed by atoms with van der Waals surface area (Å²) in [6.07, 6.45) is 1.38. The number of hydrogen-bond donors (Lipinski definition) is 1. The van der Waals surface area contributed by atoms with Crippen LogP contribution >= 0.6 is 0 Å². The quantitative estimate of drug-likeness (QED) is 0.460. The third-order valence-corrected chi connectivity index (χ3v) is 3.10. The van der Waals surface area contributed by atoms with Crippen LogP contribution in [0.1, 0.15) is 21.7 Å². The fraction of sp³-hybridized carbons (Fsp3) is 0.286. The molecule has 0 bridgehead atoms. The number of benzene rings is 1. The second-order valence-electron chi connectivity index (χ2n) is 4.52. The van der Waals surface area contributed by atoms with Crippen LogP contribution in [-0.2, 0) is 0 Å². The van der Waals surface area contributed by atoms with Crippen molar-refractivity contribution in [3.63, 3.8) is 0 Å². The van der Waals surface area contributed by atoms with E-state index in [9.17, 15) is 10.0 Å². The van der Waals surface area contributed by atoms with Gasteiger partial charge in [0.25, 0.3) is 0 Å². The predicted molar refractivity (Wildman–Crippen MR) is 81.4 cm³/mol. The zero-order chi connectivity index (χ0) is 17.7. The molecule has 0 saturated carbocycles. The van der Waals surface area contributed by atoms with E-state index in [1.807, 2.05) is 0 Å². The zero-order valence-electron chi connectivity index (χ0n) is 13.5. The van der Waals surface area contributed by atoms with E-state index in [2.05, 4.69) is 20.3 Å². The van der Waals surface area contributed by atoms with E-state index >= 15 is 0 Å². The molecule has 0 unspecified atom stereocenters. The van der Waals surface area contributed by atoms with Gasteiger partial charge >= 0.3 is 11.6 Å². The maximum atomic E-state index is 11.8. The summed E-state index contributed by atoms with van der Waals surface area (Å²) in [5, 5.41) is 18.2. The van der Waals surface area contributed by atoms with Crippen molar-refractivity contribution in [3.05, 3.63) is 34.3 Å². The van der Waals surface area contributed by atoms with Crippen LogP contribution < -0.4 is 24.5 Å². The van der Waals surface area contributed by atoms with Crippen LogP contribution in [-0.4, -0.2) is 38.6 Å². The molecule has 0 atom stereocenters. The molecule has 10 heteroatoms. The smallest absolute Gasteiger partial charge is 0.322 e. The lowest BCUT2D eigenvalue weighted by Gasteiger charge is -2.12. The third-order valence-electron chi connectivity index (χ3n) is 3.10. The van der Waals surface area contributed by atoms with E-state index in [-0.39, 0.29) is 16.3 Å². The Bertz CT molecular complexity index is 746. The molecule has 0 aliphatic heterocycles. The van der Waals surface area contributed by atoms with Gasteiger partial charge in [-0.2, -0.15) is 5.10 Å². The van der Waals surface area contributed by atoms with Gasteiger partial charge in [0.05, 0.1) is 32.7 Å². The average molecular weight is 336 g/mol. The molecule has 0 aliphatic rings. The van der Waals surface area contributed by atoms with Crippen LogP contribution in [0.25, 0.3) is 0 Å². The maximum absolute atomic E-state index is 11.8. The number of hydrogen-bond acceptors (Lipinski definition) is 8. The standard InChI is InChI=1S/C14H16N4O6/c1-8-12(17-24-18(8)20)14(19)16-15-7-9-5-10(21-2)13(23-4)11(6-9)22-3/h5-7H,1-4H3,(H,16,19)/b15-7+. The van der Waals surface area contributed by atoms with Crippen LogP contribution in [0.2, 0.25) is 0 Å². The molecule has 128 valence electrons. The zero-order valence-corrected chi connectivity index (χ0v) is 13.5. The van der Waals surface area contributed by atoms with Gasteiger partial charge in [0.2, 0.25) is 11.4 Å². The van der Waals surface area contributed by atoms with Crippen LogP contribution in [0.5, 0.6) is 17.2 Å². The van der Waals surface area contributed by atoms with E-state index in [1.54, 1.807) is 12.1 Å². The van der Waals surface area contributed by atoms with Crippen LogP contribution in [0, 0.1) is 12.1 Å². The molecule has 0 radical (unpaired) electrons. The highest BCUT2D eigenvalue weighted by Crippen LogP contribution is 2.37. The number of carbonyl (C=O) groups excluding carboxylic acids is 1. The SMILES string of the molecule is COc1cc(/C=N/NC(=O)c2no[n+]([O-])c2C)cc(OC)c1OC. The van der Waals surface area contributed by atoms with Crippen LogP contribution in [0.15, 0.2) is 21.9 Å². The van der Waals surface area contributed by atoms with E-state index in [0.29, 0.717) is 22.8 Å². The largest absolute Gasteiger partial charge is 0.493 e. The molecule has 0 fully saturated rings. The maximum Gasteiger partial charge on any atom is 0.322 e. The molecular formula is C14H16N4O6. The summed E-state index contributed by atoms with van der Waals surface area (Å²) in [6, 6.07) is 3.31. The molecule has 0 spiro atoms. The molecule has 1 amide bonds. The van der Waals surface area contributed by atoms with E-state index < -0.39 is 5.91 Å². The number of rotatable bonds is 6. The third kappa shape index (κ3) is 3.37. The molecule has 2 rings (SSSR count). The lowest BCUT2D eigenvalue weighted by Crippen LogP contribution is -2.28. The molecule has 2 aromatic rings. The number of nitrogens with one attached hydrogen (secondary N) is 1. The van der Waals surface area contributed by atoms with Gasteiger partial charge in [0.1, 0.15) is 0 Å². The Labute approximate surface area is 137 Å². The number of amides is 1. The minimum atomic E-state index is -0.672. The summed E-state index contributed by atoms with van der Waals surface area (Å²) in [5.41, 5.74) is 2.74. The van der Waals surface area contributed by atoms with Crippen molar-refractivity contribution < 1.29 is 28.5 Å².